The first kappa shape index (κ1) is 39.1. The number of rotatable bonds is 16. The number of nitrogens with one attached hydrogen (secondary N) is 1. The van der Waals surface area contributed by atoms with Crippen LogP contribution < -0.4 is 28.6 Å². The number of nitrogens with zero attached hydrogens (tertiary/aromatic N) is 2. The molecule has 0 unspecified atom stereocenters. The lowest BCUT2D eigenvalue weighted by atomic mass is 10.0. The first-order valence-corrected chi connectivity index (χ1v) is 18.1. The second kappa shape index (κ2) is 17.5. The van der Waals surface area contributed by atoms with Crippen molar-refractivity contribution in [1.82, 2.24) is 10.2 Å². The van der Waals surface area contributed by atoms with E-state index in [1.54, 1.807) is 24.3 Å². The molecule has 272 valence electrons. The summed E-state index contributed by atoms with van der Waals surface area (Å²) < 4.78 is 52.0. The van der Waals surface area contributed by atoms with Crippen LogP contribution in [0.1, 0.15) is 25.0 Å². The van der Waals surface area contributed by atoms with Gasteiger partial charge in [0.15, 0.2) is 11.5 Å². The summed E-state index contributed by atoms with van der Waals surface area (Å²) in [6.45, 7) is 2.80. The van der Waals surface area contributed by atoms with Gasteiger partial charge in [0.25, 0.3) is 10.0 Å². The van der Waals surface area contributed by atoms with Crippen molar-refractivity contribution < 1.29 is 37.0 Å². The van der Waals surface area contributed by atoms with E-state index in [2.05, 4.69) is 5.32 Å². The third-order valence-corrected chi connectivity index (χ3v) is 10.4. The molecule has 0 heterocycles. The van der Waals surface area contributed by atoms with Gasteiger partial charge >= 0.3 is 0 Å². The average Bonchev–Trinajstić information content (AvgIpc) is 3.12. The molecule has 1 atom stereocenters. The van der Waals surface area contributed by atoms with Crippen molar-refractivity contribution in [3.8, 4) is 23.0 Å². The van der Waals surface area contributed by atoms with Crippen molar-refractivity contribution >= 4 is 50.7 Å². The zero-order valence-electron chi connectivity index (χ0n) is 29.2. The molecule has 4 aromatic rings. The summed E-state index contributed by atoms with van der Waals surface area (Å²) in [5.74, 6) is -0.160. The third-order valence-electron chi connectivity index (χ3n) is 7.92. The molecule has 2 amide bonds. The van der Waals surface area contributed by atoms with Crippen LogP contribution in [0.4, 0.5) is 5.69 Å². The van der Waals surface area contributed by atoms with Gasteiger partial charge in [-0.3, -0.25) is 13.9 Å². The Labute approximate surface area is 309 Å². The number of ether oxygens (including phenoxy) is 4. The highest BCUT2D eigenvalue weighted by molar-refractivity contribution is 7.92. The van der Waals surface area contributed by atoms with Gasteiger partial charge in [-0.2, -0.15) is 0 Å². The number of benzene rings is 4. The van der Waals surface area contributed by atoms with E-state index < -0.39 is 34.4 Å². The molecule has 0 fully saturated rings. The smallest absolute Gasteiger partial charge is 0.265 e. The van der Waals surface area contributed by atoms with E-state index in [4.69, 9.17) is 42.1 Å². The predicted molar refractivity (Wildman–Crippen MR) is 198 cm³/mol. The molecule has 0 radical (unpaired) electrons. The van der Waals surface area contributed by atoms with Crippen LogP contribution in [-0.2, 0) is 32.6 Å². The Morgan fingerprint density at radius 1 is 0.745 bits per heavy atom. The number of sulfonamides is 1. The Balaban J connectivity index is 1.91. The van der Waals surface area contributed by atoms with Crippen LogP contribution in [0.15, 0.2) is 89.8 Å². The van der Waals surface area contributed by atoms with Crippen molar-refractivity contribution in [3.63, 3.8) is 0 Å². The maximum Gasteiger partial charge on any atom is 0.265 e. The Morgan fingerprint density at radius 3 is 2.02 bits per heavy atom. The minimum Gasteiger partial charge on any atom is -0.497 e. The van der Waals surface area contributed by atoms with Gasteiger partial charge < -0.3 is 29.2 Å². The summed E-state index contributed by atoms with van der Waals surface area (Å²) in [6.07, 6.45) is 0.136. The molecule has 0 saturated carbocycles. The highest BCUT2D eigenvalue weighted by Crippen LogP contribution is 2.38. The lowest BCUT2D eigenvalue weighted by molar-refractivity contribution is -0.140. The maximum absolute atomic E-state index is 14.8. The molecule has 0 aliphatic heterocycles. The van der Waals surface area contributed by atoms with Crippen molar-refractivity contribution in [1.29, 1.82) is 0 Å². The third kappa shape index (κ3) is 9.57. The summed E-state index contributed by atoms with van der Waals surface area (Å²) in [7, 11) is 1.11. The molecule has 11 nitrogen and oxygen atoms in total. The minimum atomic E-state index is -4.53. The van der Waals surface area contributed by atoms with Crippen molar-refractivity contribution in [2.24, 2.45) is 0 Å². The summed E-state index contributed by atoms with van der Waals surface area (Å²) in [6, 6.07) is 21.5. The van der Waals surface area contributed by atoms with Gasteiger partial charge in [0.05, 0.1) is 49.1 Å². The van der Waals surface area contributed by atoms with Crippen LogP contribution in [0, 0.1) is 0 Å². The molecule has 14 heteroatoms. The van der Waals surface area contributed by atoms with Gasteiger partial charge in [-0.1, -0.05) is 59.6 Å². The van der Waals surface area contributed by atoms with Crippen molar-refractivity contribution in [3.05, 3.63) is 106 Å². The van der Waals surface area contributed by atoms with E-state index in [0.29, 0.717) is 22.1 Å². The topological polar surface area (TPSA) is 124 Å². The molecule has 0 aliphatic rings. The zero-order chi connectivity index (χ0) is 37.3. The zero-order valence-corrected chi connectivity index (χ0v) is 31.5. The normalized spacial score (nSPS) is 11.8. The molecule has 0 saturated heterocycles. The Hall–Kier alpha value is -4.65. The van der Waals surface area contributed by atoms with Crippen LogP contribution in [0.3, 0.4) is 0 Å². The largest absolute Gasteiger partial charge is 0.497 e. The van der Waals surface area contributed by atoms with Gasteiger partial charge in [0.1, 0.15) is 24.1 Å². The highest BCUT2D eigenvalue weighted by Gasteiger charge is 2.36. The lowest BCUT2D eigenvalue weighted by Gasteiger charge is -2.34. The van der Waals surface area contributed by atoms with E-state index in [1.165, 1.54) is 63.7 Å². The van der Waals surface area contributed by atoms with Gasteiger partial charge in [0.2, 0.25) is 11.8 Å². The molecule has 0 bridgehead atoms. The average molecular weight is 759 g/mol. The number of amides is 2. The van der Waals surface area contributed by atoms with E-state index >= 15 is 0 Å². The monoisotopic (exact) mass is 757 g/mol. The number of carbonyl (C=O) groups is 2. The van der Waals surface area contributed by atoms with Crippen LogP contribution in [0.5, 0.6) is 23.0 Å². The Morgan fingerprint density at radius 2 is 1.41 bits per heavy atom. The van der Waals surface area contributed by atoms with Gasteiger partial charge in [-0.25, -0.2) is 8.42 Å². The fourth-order valence-electron chi connectivity index (χ4n) is 5.38. The molecule has 0 spiro atoms. The van der Waals surface area contributed by atoms with Gasteiger partial charge in [0, 0.05) is 31.1 Å². The molecule has 0 aliphatic carbocycles. The van der Waals surface area contributed by atoms with E-state index in [1.807, 2.05) is 44.2 Å². The maximum atomic E-state index is 14.8. The first-order chi connectivity index (χ1) is 24.3. The highest BCUT2D eigenvalue weighted by atomic mass is 35.5. The van der Waals surface area contributed by atoms with Crippen LogP contribution in [-0.4, -0.2) is 72.2 Å². The summed E-state index contributed by atoms with van der Waals surface area (Å²) in [5.41, 5.74) is 1.39. The predicted octanol–water partition coefficient (Wildman–Crippen LogP) is 6.39. The van der Waals surface area contributed by atoms with E-state index in [9.17, 15) is 18.0 Å². The second-order valence-corrected chi connectivity index (χ2v) is 14.4. The van der Waals surface area contributed by atoms with E-state index in [-0.39, 0.29) is 46.1 Å². The fourth-order valence-corrected chi connectivity index (χ4v) is 7.13. The van der Waals surface area contributed by atoms with Gasteiger partial charge in [-0.15, -0.1) is 0 Å². The Kier molecular flexibility index (Phi) is 13.4. The number of carbonyl (C=O) groups excluding carboxylic acids is 2. The summed E-state index contributed by atoms with van der Waals surface area (Å²) >= 11 is 12.6. The second-order valence-electron chi connectivity index (χ2n) is 11.7. The number of hydrogen-bond acceptors (Lipinski definition) is 8. The molecule has 0 aromatic heterocycles. The van der Waals surface area contributed by atoms with Crippen molar-refractivity contribution in [2.45, 2.75) is 43.8 Å². The van der Waals surface area contributed by atoms with Crippen LogP contribution in [0.25, 0.3) is 0 Å². The molecule has 51 heavy (non-hydrogen) atoms. The number of anilines is 1. The Bertz CT molecular complexity index is 1940. The summed E-state index contributed by atoms with van der Waals surface area (Å²) in [4.78, 5) is 30.0. The first-order valence-electron chi connectivity index (χ1n) is 15.9. The molecule has 4 rings (SSSR count). The number of methoxy groups -OCH3 is 4. The minimum absolute atomic E-state index is 0.0284. The van der Waals surface area contributed by atoms with Crippen LogP contribution in [0.2, 0.25) is 10.0 Å². The van der Waals surface area contributed by atoms with Crippen LogP contribution >= 0.6 is 23.2 Å². The number of halogens is 2. The van der Waals surface area contributed by atoms with E-state index in [0.717, 1.165) is 9.87 Å². The molecule has 4 aromatic carbocycles. The summed E-state index contributed by atoms with van der Waals surface area (Å²) in [5, 5.41) is 3.50. The van der Waals surface area contributed by atoms with Gasteiger partial charge in [-0.05, 0) is 61.4 Å². The van der Waals surface area contributed by atoms with Crippen molar-refractivity contribution in [2.75, 3.05) is 39.3 Å². The molecule has 1 N–H and O–H groups in total. The molecular weight excluding hydrogens is 717 g/mol. The fraction of sp³-hybridized carbons (Fsp3) is 0.297. The number of hydrogen-bond donors (Lipinski definition) is 1. The quantitative estimate of drug-likeness (QED) is 0.140. The standard InChI is InChI=1S/C37H41Cl2N3O8S/c1-24(2)40-37(44)32(19-25-10-8-7-9-11-25)41(22-26-12-15-29(38)30(39)18-26)36(43)23-42(31-20-27(47-3)13-16-33(31)48-4)51(45,46)28-14-17-34(49-5)35(21-28)50-6/h7-18,20-21,24,32H,19,22-23H2,1-6H3,(H,40,44)/t32-/m0/s1. The SMILES string of the molecule is COc1ccc(OC)c(N(CC(=O)N(Cc2ccc(Cl)c(Cl)c2)[C@@H](Cc2ccccc2)C(=O)NC(C)C)S(=O)(=O)c2ccc(OC)c(OC)c2)c1. The lowest BCUT2D eigenvalue weighted by Crippen LogP contribution is -2.54. The molecular formula is C37H41Cl2N3O8S.